The SMILES string of the molecule is CCOC(=O)Oc1ccc(C(=O)NC2CCN(C(=O)/C=C/c3ccc(Cl)cc3)CC2)cc1. The lowest BCUT2D eigenvalue weighted by molar-refractivity contribution is -0.127. The number of carbonyl (C=O) groups excluding carboxylic acids is 3. The Hall–Kier alpha value is -3.32. The first kappa shape index (κ1) is 23.3. The fraction of sp³-hybridized carbons (Fsp3) is 0.292. The molecule has 0 radical (unpaired) electrons. The Labute approximate surface area is 191 Å². The molecule has 2 aromatic rings. The Morgan fingerprint density at radius 3 is 2.34 bits per heavy atom. The van der Waals surface area contributed by atoms with Gasteiger partial charge in [0.1, 0.15) is 5.75 Å². The molecule has 0 atom stereocenters. The number of rotatable bonds is 6. The van der Waals surface area contributed by atoms with Crippen molar-refractivity contribution in [1.29, 1.82) is 0 Å². The van der Waals surface area contributed by atoms with Crippen molar-refractivity contribution in [2.75, 3.05) is 19.7 Å². The molecule has 8 heteroatoms. The maximum Gasteiger partial charge on any atom is 0.513 e. The van der Waals surface area contributed by atoms with E-state index >= 15 is 0 Å². The largest absolute Gasteiger partial charge is 0.513 e. The number of nitrogens with one attached hydrogen (secondary N) is 1. The third-order valence-corrected chi connectivity index (χ3v) is 5.26. The molecule has 0 bridgehead atoms. The predicted molar refractivity (Wildman–Crippen MR) is 122 cm³/mol. The van der Waals surface area contributed by atoms with Gasteiger partial charge in [0.15, 0.2) is 0 Å². The van der Waals surface area contributed by atoms with Gasteiger partial charge in [0.05, 0.1) is 6.61 Å². The summed E-state index contributed by atoms with van der Waals surface area (Å²) in [4.78, 5) is 38.0. The molecule has 0 spiro atoms. The molecular formula is C24H25ClN2O5. The average Bonchev–Trinajstić information content (AvgIpc) is 2.79. The van der Waals surface area contributed by atoms with Crippen LogP contribution in [0.5, 0.6) is 5.75 Å². The minimum Gasteiger partial charge on any atom is -0.434 e. The van der Waals surface area contributed by atoms with E-state index in [-0.39, 0.29) is 24.5 Å². The first-order chi connectivity index (χ1) is 15.4. The van der Waals surface area contributed by atoms with E-state index in [0.29, 0.717) is 42.3 Å². The summed E-state index contributed by atoms with van der Waals surface area (Å²) in [6.45, 7) is 3.05. The lowest BCUT2D eigenvalue weighted by Crippen LogP contribution is -2.46. The lowest BCUT2D eigenvalue weighted by Gasteiger charge is -2.31. The molecule has 168 valence electrons. The van der Waals surface area contributed by atoms with Crippen molar-refractivity contribution in [3.8, 4) is 5.75 Å². The summed E-state index contributed by atoms with van der Waals surface area (Å²) in [7, 11) is 0. The van der Waals surface area contributed by atoms with E-state index in [2.05, 4.69) is 5.32 Å². The van der Waals surface area contributed by atoms with Crippen molar-refractivity contribution in [2.24, 2.45) is 0 Å². The molecule has 3 rings (SSSR count). The number of piperidine rings is 1. The summed E-state index contributed by atoms with van der Waals surface area (Å²) in [5, 5.41) is 3.65. The summed E-state index contributed by atoms with van der Waals surface area (Å²) in [6, 6.07) is 13.5. The standard InChI is InChI=1S/C24H25ClN2O5/c1-2-31-24(30)32-21-10-6-18(7-11-21)23(29)26-20-13-15-27(16-14-20)22(28)12-5-17-3-8-19(25)9-4-17/h3-12,20H,2,13-16H2,1H3,(H,26,29)/b12-5+. The molecule has 0 unspecified atom stereocenters. The van der Waals surface area contributed by atoms with Crippen molar-refractivity contribution >= 4 is 35.6 Å². The van der Waals surface area contributed by atoms with Crippen molar-refractivity contribution in [3.05, 3.63) is 70.8 Å². The molecule has 2 aromatic carbocycles. The molecule has 1 heterocycles. The number of halogens is 1. The number of ether oxygens (including phenoxy) is 2. The number of hydrogen-bond acceptors (Lipinski definition) is 5. The van der Waals surface area contributed by atoms with Crippen LogP contribution in [0.25, 0.3) is 6.08 Å². The van der Waals surface area contributed by atoms with Crippen LogP contribution in [0.2, 0.25) is 5.02 Å². The van der Waals surface area contributed by atoms with Gasteiger partial charge in [-0.2, -0.15) is 0 Å². The second-order valence-electron chi connectivity index (χ2n) is 7.27. The molecule has 32 heavy (non-hydrogen) atoms. The van der Waals surface area contributed by atoms with Crippen LogP contribution in [0.15, 0.2) is 54.6 Å². The Kier molecular flexibility index (Phi) is 8.27. The summed E-state index contributed by atoms with van der Waals surface area (Å²) in [5.74, 6) is 0.0421. The molecule has 1 aliphatic rings. The fourth-order valence-corrected chi connectivity index (χ4v) is 3.40. The van der Waals surface area contributed by atoms with Gasteiger partial charge in [-0.05, 0) is 67.8 Å². The smallest absolute Gasteiger partial charge is 0.434 e. The van der Waals surface area contributed by atoms with Gasteiger partial charge in [0.25, 0.3) is 5.91 Å². The molecule has 0 aromatic heterocycles. The fourth-order valence-electron chi connectivity index (χ4n) is 3.28. The van der Waals surface area contributed by atoms with Gasteiger partial charge in [-0.1, -0.05) is 23.7 Å². The van der Waals surface area contributed by atoms with Crippen molar-refractivity contribution in [2.45, 2.75) is 25.8 Å². The minimum absolute atomic E-state index is 0.0118. The lowest BCUT2D eigenvalue weighted by atomic mass is 10.0. The van der Waals surface area contributed by atoms with E-state index < -0.39 is 6.16 Å². The van der Waals surface area contributed by atoms with Crippen LogP contribution in [-0.4, -0.2) is 48.6 Å². The Morgan fingerprint density at radius 1 is 1.06 bits per heavy atom. The molecule has 0 saturated carbocycles. The second kappa shape index (κ2) is 11.3. The monoisotopic (exact) mass is 456 g/mol. The van der Waals surface area contributed by atoms with Crippen LogP contribution in [0.4, 0.5) is 4.79 Å². The van der Waals surface area contributed by atoms with E-state index in [1.165, 1.54) is 0 Å². The maximum atomic E-state index is 12.5. The zero-order valence-electron chi connectivity index (χ0n) is 17.8. The highest BCUT2D eigenvalue weighted by atomic mass is 35.5. The van der Waals surface area contributed by atoms with Crippen LogP contribution in [0, 0.1) is 0 Å². The van der Waals surface area contributed by atoms with E-state index in [1.54, 1.807) is 60.4 Å². The highest BCUT2D eigenvalue weighted by molar-refractivity contribution is 6.30. The zero-order valence-corrected chi connectivity index (χ0v) is 18.5. The number of nitrogens with zero attached hydrogens (tertiary/aromatic N) is 1. The van der Waals surface area contributed by atoms with Crippen molar-refractivity contribution in [3.63, 3.8) is 0 Å². The van der Waals surface area contributed by atoms with Gasteiger partial charge in [-0.25, -0.2) is 4.79 Å². The zero-order chi connectivity index (χ0) is 22.9. The number of amides is 2. The maximum absolute atomic E-state index is 12.5. The minimum atomic E-state index is -0.783. The third kappa shape index (κ3) is 6.85. The first-order valence-electron chi connectivity index (χ1n) is 10.4. The number of hydrogen-bond donors (Lipinski definition) is 1. The van der Waals surface area contributed by atoms with Crippen LogP contribution in [0.1, 0.15) is 35.7 Å². The molecular weight excluding hydrogens is 432 g/mol. The number of carbonyl (C=O) groups is 3. The van der Waals surface area contributed by atoms with E-state index in [1.807, 2.05) is 12.1 Å². The van der Waals surface area contributed by atoms with Gasteiger partial charge in [0, 0.05) is 35.8 Å². The van der Waals surface area contributed by atoms with E-state index in [9.17, 15) is 14.4 Å². The topological polar surface area (TPSA) is 84.9 Å². The second-order valence-corrected chi connectivity index (χ2v) is 7.70. The normalized spacial score (nSPS) is 14.2. The van der Waals surface area contributed by atoms with E-state index in [4.69, 9.17) is 21.1 Å². The predicted octanol–water partition coefficient (Wildman–Crippen LogP) is 4.31. The van der Waals surface area contributed by atoms with Gasteiger partial charge >= 0.3 is 6.16 Å². The third-order valence-electron chi connectivity index (χ3n) is 5.01. The van der Waals surface area contributed by atoms with Gasteiger partial charge in [-0.15, -0.1) is 0 Å². The molecule has 1 fully saturated rings. The molecule has 1 aliphatic heterocycles. The number of likely N-dealkylation sites (tertiary alicyclic amines) is 1. The summed E-state index contributed by atoms with van der Waals surface area (Å²) < 4.78 is 9.70. The van der Waals surface area contributed by atoms with Crippen LogP contribution < -0.4 is 10.1 Å². The molecule has 1 saturated heterocycles. The summed E-state index contributed by atoms with van der Waals surface area (Å²) >= 11 is 5.87. The van der Waals surface area contributed by atoms with E-state index in [0.717, 1.165) is 5.56 Å². The van der Waals surface area contributed by atoms with Gasteiger partial charge < -0.3 is 19.7 Å². The molecule has 0 aliphatic carbocycles. The van der Waals surface area contributed by atoms with Crippen molar-refractivity contribution < 1.29 is 23.9 Å². The van der Waals surface area contributed by atoms with Crippen molar-refractivity contribution in [1.82, 2.24) is 10.2 Å². The van der Waals surface area contributed by atoms with Crippen LogP contribution in [0.3, 0.4) is 0 Å². The quantitative estimate of drug-likeness (QED) is 0.397. The van der Waals surface area contributed by atoms with Crippen LogP contribution >= 0.6 is 11.6 Å². The highest BCUT2D eigenvalue weighted by Crippen LogP contribution is 2.16. The molecule has 2 amide bonds. The first-order valence-corrected chi connectivity index (χ1v) is 10.8. The molecule has 7 nitrogen and oxygen atoms in total. The van der Waals surface area contributed by atoms with Gasteiger partial charge in [-0.3, -0.25) is 9.59 Å². The van der Waals surface area contributed by atoms with Crippen LogP contribution in [-0.2, 0) is 9.53 Å². The Bertz CT molecular complexity index is 965. The number of benzene rings is 2. The Morgan fingerprint density at radius 2 is 1.72 bits per heavy atom. The summed E-state index contributed by atoms with van der Waals surface area (Å²) in [5.41, 5.74) is 1.37. The summed E-state index contributed by atoms with van der Waals surface area (Å²) in [6.07, 6.45) is 3.89. The molecule has 1 N–H and O–H groups in total. The Balaban J connectivity index is 1.45. The van der Waals surface area contributed by atoms with Gasteiger partial charge in [0.2, 0.25) is 5.91 Å². The highest BCUT2D eigenvalue weighted by Gasteiger charge is 2.23. The average molecular weight is 457 g/mol.